The maximum atomic E-state index is 11.0. The summed E-state index contributed by atoms with van der Waals surface area (Å²) in [7, 11) is 0. The number of benzene rings is 1. The second kappa shape index (κ2) is 4.26. The quantitative estimate of drug-likeness (QED) is 0.824. The zero-order valence-electron chi connectivity index (χ0n) is 9.12. The first kappa shape index (κ1) is 10.5. The van der Waals surface area contributed by atoms with E-state index in [1.807, 2.05) is 25.1 Å². The fourth-order valence-corrected chi connectivity index (χ4v) is 1.59. The number of ether oxygens (including phenoxy) is 1. The first-order chi connectivity index (χ1) is 7.72. The summed E-state index contributed by atoms with van der Waals surface area (Å²) in [5.74, 6) is 0.296. The van der Waals surface area contributed by atoms with Crippen molar-refractivity contribution in [1.29, 1.82) is 0 Å². The fraction of sp³-hybridized carbons (Fsp3) is 0.250. The molecule has 0 aliphatic heterocycles. The molecule has 0 saturated heterocycles. The number of carbonyl (C=O) groups is 1. The Kier molecular flexibility index (Phi) is 2.81. The lowest BCUT2D eigenvalue weighted by Crippen LogP contribution is -2.10. The molecule has 1 aromatic heterocycles. The molecule has 4 nitrogen and oxygen atoms in total. The predicted molar refractivity (Wildman–Crippen MR) is 62.6 cm³/mol. The third kappa shape index (κ3) is 1.86. The Labute approximate surface area is 93.4 Å². The van der Waals surface area contributed by atoms with Crippen LogP contribution in [0.25, 0.3) is 10.9 Å². The number of nitrogens with two attached hydrogens (primary N) is 1. The van der Waals surface area contributed by atoms with E-state index in [0.717, 1.165) is 23.1 Å². The molecule has 0 saturated carbocycles. The number of amides is 1. The minimum atomic E-state index is -0.461. The molecule has 0 unspecified atom stereocenters. The number of primary amides is 1. The molecule has 1 aromatic carbocycles. The van der Waals surface area contributed by atoms with Crippen molar-refractivity contribution in [3.05, 3.63) is 30.0 Å². The summed E-state index contributed by atoms with van der Waals surface area (Å²) in [4.78, 5) is 14.0. The van der Waals surface area contributed by atoms with Crippen LogP contribution in [-0.4, -0.2) is 17.5 Å². The molecule has 2 rings (SSSR count). The van der Waals surface area contributed by atoms with Crippen LogP contribution in [0.3, 0.4) is 0 Å². The van der Waals surface area contributed by atoms with Crippen molar-refractivity contribution in [2.75, 3.05) is 6.61 Å². The Morgan fingerprint density at radius 3 is 3.00 bits per heavy atom. The first-order valence-electron chi connectivity index (χ1n) is 5.26. The van der Waals surface area contributed by atoms with Crippen LogP contribution in [0.5, 0.6) is 5.75 Å². The molecule has 0 radical (unpaired) electrons. The van der Waals surface area contributed by atoms with E-state index in [2.05, 4.69) is 4.98 Å². The molecule has 0 fully saturated rings. The summed E-state index contributed by atoms with van der Waals surface area (Å²) in [6, 6.07) is 7.42. The number of fused-ring (bicyclic) bond motifs is 1. The SMILES string of the molecule is CCCOc1cccc2cc(C(N)=O)[nH]c12. The molecule has 84 valence electrons. The molecular weight excluding hydrogens is 204 g/mol. The smallest absolute Gasteiger partial charge is 0.265 e. The molecule has 0 aliphatic carbocycles. The van der Waals surface area contributed by atoms with Gasteiger partial charge in [-0.05, 0) is 18.6 Å². The van der Waals surface area contributed by atoms with E-state index in [0.29, 0.717) is 12.3 Å². The van der Waals surface area contributed by atoms with Crippen LogP contribution in [0, 0.1) is 0 Å². The summed E-state index contributed by atoms with van der Waals surface area (Å²) in [5.41, 5.74) is 6.45. The highest BCUT2D eigenvalue weighted by atomic mass is 16.5. The van der Waals surface area contributed by atoms with Crippen LogP contribution in [0.4, 0.5) is 0 Å². The molecule has 1 heterocycles. The van der Waals surface area contributed by atoms with Crippen LogP contribution in [0.1, 0.15) is 23.8 Å². The average Bonchev–Trinajstić information content (AvgIpc) is 2.70. The van der Waals surface area contributed by atoms with Crippen LogP contribution in [0.15, 0.2) is 24.3 Å². The maximum Gasteiger partial charge on any atom is 0.265 e. The van der Waals surface area contributed by atoms with Gasteiger partial charge in [-0.3, -0.25) is 4.79 Å². The Bertz CT molecular complexity index is 517. The van der Waals surface area contributed by atoms with Crippen molar-refractivity contribution in [3.8, 4) is 5.75 Å². The highest BCUT2D eigenvalue weighted by Gasteiger charge is 2.08. The molecular formula is C12H14N2O2. The molecule has 16 heavy (non-hydrogen) atoms. The molecule has 3 N–H and O–H groups in total. The summed E-state index contributed by atoms with van der Waals surface area (Å²) in [6.45, 7) is 2.70. The van der Waals surface area contributed by atoms with Gasteiger partial charge < -0.3 is 15.5 Å². The summed E-state index contributed by atoms with van der Waals surface area (Å²) in [5, 5.41) is 0.933. The van der Waals surface area contributed by atoms with Crippen LogP contribution >= 0.6 is 0 Å². The topological polar surface area (TPSA) is 68.1 Å². The van der Waals surface area contributed by atoms with E-state index in [9.17, 15) is 4.79 Å². The van der Waals surface area contributed by atoms with E-state index < -0.39 is 5.91 Å². The van der Waals surface area contributed by atoms with Crippen LogP contribution in [-0.2, 0) is 0 Å². The Morgan fingerprint density at radius 1 is 1.50 bits per heavy atom. The van der Waals surface area contributed by atoms with Crippen molar-refractivity contribution in [2.45, 2.75) is 13.3 Å². The van der Waals surface area contributed by atoms with Crippen molar-refractivity contribution in [1.82, 2.24) is 4.98 Å². The zero-order chi connectivity index (χ0) is 11.5. The summed E-state index contributed by atoms with van der Waals surface area (Å²) >= 11 is 0. The molecule has 4 heteroatoms. The monoisotopic (exact) mass is 218 g/mol. The summed E-state index contributed by atoms with van der Waals surface area (Å²) in [6.07, 6.45) is 0.944. The van der Waals surface area contributed by atoms with E-state index in [1.165, 1.54) is 0 Å². The second-order valence-electron chi connectivity index (χ2n) is 3.62. The third-order valence-electron chi connectivity index (χ3n) is 2.35. The van der Waals surface area contributed by atoms with Gasteiger partial charge in [0.1, 0.15) is 11.4 Å². The lowest BCUT2D eigenvalue weighted by molar-refractivity contribution is 0.0996. The van der Waals surface area contributed by atoms with E-state index >= 15 is 0 Å². The van der Waals surface area contributed by atoms with Gasteiger partial charge in [0.05, 0.1) is 12.1 Å². The maximum absolute atomic E-state index is 11.0. The van der Waals surface area contributed by atoms with Crippen molar-refractivity contribution < 1.29 is 9.53 Å². The van der Waals surface area contributed by atoms with Gasteiger partial charge in [-0.1, -0.05) is 19.1 Å². The highest BCUT2D eigenvalue weighted by Crippen LogP contribution is 2.25. The van der Waals surface area contributed by atoms with Gasteiger partial charge in [0.15, 0.2) is 0 Å². The second-order valence-corrected chi connectivity index (χ2v) is 3.62. The van der Waals surface area contributed by atoms with Gasteiger partial charge in [0.2, 0.25) is 0 Å². The van der Waals surface area contributed by atoms with Gasteiger partial charge in [0.25, 0.3) is 5.91 Å². The number of rotatable bonds is 4. The summed E-state index contributed by atoms with van der Waals surface area (Å²) < 4.78 is 5.58. The number of hydrogen-bond acceptors (Lipinski definition) is 2. The highest BCUT2D eigenvalue weighted by molar-refractivity contribution is 5.98. The van der Waals surface area contributed by atoms with Gasteiger partial charge in [-0.25, -0.2) is 0 Å². The Hall–Kier alpha value is -1.97. The van der Waals surface area contributed by atoms with Crippen LogP contribution < -0.4 is 10.5 Å². The van der Waals surface area contributed by atoms with E-state index in [4.69, 9.17) is 10.5 Å². The van der Waals surface area contributed by atoms with Crippen molar-refractivity contribution in [3.63, 3.8) is 0 Å². The molecule has 0 atom stereocenters. The number of aromatic nitrogens is 1. The number of nitrogens with one attached hydrogen (secondary N) is 1. The van der Waals surface area contributed by atoms with Crippen LogP contribution in [0.2, 0.25) is 0 Å². The number of hydrogen-bond donors (Lipinski definition) is 2. The van der Waals surface area contributed by atoms with Gasteiger partial charge in [-0.15, -0.1) is 0 Å². The number of H-pyrrole nitrogens is 1. The molecule has 2 aromatic rings. The minimum absolute atomic E-state index is 0.405. The Morgan fingerprint density at radius 2 is 2.31 bits per heavy atom. The number of para-hydroxylation sites is 1. The van der Waals surface area contributed by atoms with Gasteiger partial charge >= 0.3 is 0 Å². The fourth-order valence-electron chi connectivity index (χ4n) is 1.59. The number of carbonyl (C=O) groups excluding carboxylic acids is 1. The molecule has 0 bridgehead atoms. The lowest BCUT2D eigenvalue weighted by Gasteiger charge is -2.04. The third-order valence-corrected chi connectivity index (χ3v) is 2.35. The van der Waals surface area contributed by atoms with Gasteiger partial charge in [0, 0.05) is 5.39 Å². The normalized spacial score (nSPS) is 10.6. The van der Waals surface area contributed by atoms with E-state index in [1.54, 1.807) is 6.07 Å². The minimum Gasteiger partial charge on any atom is -0.491 e. The zero-order valence-corrected chi connectivity index (χ0v) is 9.12. The average molecular weight is 218 g/mol. The van der Waals surface area contributed by atoms with Gasteiger partial charge in [-0.2, -0.15) is 0 Å². The van der Waals surface area contributed by atoms with Crippen molar-refractivity contribution >= 4 is 16.8 Å². The standard InChI is InChI=1S/C12H14N2O2/c1-2-6-16-10-5-3-4-8-7-9(12(13)15)14-11(8)10/h3-5,7,14H,2,6H2,1H3,(H2,13,15). The molecule has 1 amide bonds. The largest absolute Gasteiger partial charge is 0.491 e. The first-order valence-corrected chi connectivity index (χ1v) is 5.26. The molecule has 0 aliphatic rings. The molecule has 0 spiro atoms. The predicted octanol–water partition coefficient (Wildman–Crippen LogP) is 2.06. The lowest BCUT2D eigenvalue weighted by atomic mass is 10.2. The van der Waals surface area contributed by atoms with E-state index in [-0.39, 0.29) is 0 Å². The van der Waals surface area contributed by atoms with Crippen molar-refractivity contribution in [2.24, 2.45) is 5.73 Å². The Balaban J connectivity index is 2.45. The number of aromatic amines is 1.